The molecule has 3 saturated carbocycles. The molecule has 0 heterocycles. The van der Waals surface area contributed by atoms with Crippen LogP contribution < -0.4 is 0 Å². The van der Waals surface area contributed by atoms with E-state index in [0.717, 1.165) is 6.42 Å². The Morgan fingerprint density at radius 1 is 1.29 bits per heavy atom. The van der Waals surface area contributed by atoms with Crippen molar-refractivity contribution >= 4 is 11.8 Å². The lowest BCUT2D eigenvalue weighted by molar-refractivity contribution is -0.186. The van der Waals surface area contributed by atoms with Crippen LogP contribution in [0, 0.1) is 23.2 Å². The molecule has 0 aromatic carbocycles. The van der Waals surface area contributed by atoms with Crippen LogP contribution in [0.5, 0.6) is 0 Å². The molecule has 3 heteroatoms. The molecule has 0 aromatic heterocycles. The van der Waals surface area contributed by atoms with Crippen LogP contribution in [-0.2, 0) is 14.3 Å². The lowest BCUT2D eigenvalue weighted by Crippen LogP contribution is -2.57. The van der Waals surface area contributed by atoms with Crippen LogP contribution in [0.1, 0.15) is 47.0 Å². The predicted molar refractivity (Wildman–Crippen MR) is 64.3 cm³/mol. The third-order valence-electron chi connectivity index (χ3n) is 4.96. The van der Waals surface area contributed by atoms with Gasteiger partial charge in [-0.05, 0) is 42.9 Å². The quantitative estimate of drug-likeness (QED) is 0.560. The fourth-order valence-corrected chi connectivity index (χ4v) is 3.67. The molecule has 0 aliphatic heterocycles. The highest BCUT2D eigenvalue weighted by atomic mass is 16.5. The van der Waals surface area contributed by atoms with E-state index >= 15 is 0 Å². The Balaban J connectivity index is 1.93. The van der Waals surface area contributed by atoms with Crippen molar-refractivity contribution in [1.29, 1.82) is 0 Å². The summed E-state index contributed by atoms with van der Waals surface area (Å²) >= 11 is 0. The molecular formula is C14H22O3. The van der Waals surface area contributed by atoms with E-state index in [1.807, 2.05) is 0 Å². The third kappa shape index (κ3) is 2.12. The highest BCUT2D eigenvalue weighted by Crippen LogP contribution is 2.61. The van der Waals surface area contributed by atoms with Gasteiger partial charge in [-0.25, -0.2) is 0 Å². The van der Waals surface area contributed by atoms with Crippen molar-refractivity contribution in [1.82, 2.24) is 0 Å². The smallest absolute Gasteiger partial charge is 0.313 e. The maximum absolute atomic E-state index is 11.5. The maximum atomic E-state index is 11.5. The first-order valence-corrected chi connectivity index (χ1v) is 6.51. The summed E-state index contributed by atoms with van der Waals surface area (Å²) < 4.78 is 5.45. The molecule has 0 radical (unpaired) electrons. The van der Waals surface area contributed by atoms with Crippen molar-refractivity contribution in [2.24, 2.45) is 23.2 Å². The van der Waals surface area contributed by atoms with E-state index < -0.39 is 0 Å². The number of carbonyl (C=O) groups is 2. The number of Topliss-reactive ketones (excluding diaryl/α,β-unsaturated/α-hetero) is 1. The predicted octanol–water partition coefficient (Wildman–Crippen LogP) is 2.58. The minimum absolute atomic E-state index is 0.0265. The maximum Gasteiger partial charge on any atom is 0.313 e. The second-order valence-electron chi connectivity index (χ2n) is 6.36. The fourth-order valence-electron chi connectivity index (χ4n) is 3.67. The van der Waals surface area contributed by atoms with E-state index in [1.54, 1.807) is 0 Å². The first kappa shape index (κ1) is 12.6. The molecule has 96 valence electrons. The zero-order valence-corrected chi connectivity index (χ0v) is 11.2. The number of hydrogen-bond donors (Lipinski definition) is 0. The van der Waals surface area contributed by atoms with Crippen LogP contribution in [0.15, 0.2) is 0 Å². The third-order valence-corrected chi connectivity index (χ3v) is 4.96. The van der Waals surface area contributed by atoms with Crippen molar-refractivity contribution in [2.75, 3.05) is 0 Å². The van der Waals surface area contributed by atoms with Gasteiger partial charge in [-0.15, -0.1) is 0 Å². The highest BCUT2D eigenvalue weighted by molar-refractivity contribution is 5.94. The number of esters is 1. The van der Waals surface area contributed by atoms with Crippen LogP contribution in [0.2, 0.25) is 0 Å². The zero-order chi connectivity index (χ0) is 12.8. The molecule has 0 spiro atoms. The summed E-state index contributed by atoms with van der Waals surface area (Å²) in [5.41, 5.74) is 0.406. The van der Waals surface area contributed by atoms with Gasteiger partial charge in [-0.3, -0.25) is 9.59 Å². The van der Waals surface area contributed by atoms with Gasteiger partial charge in [0.05, 0.1) is 0 Å². The normalized spacial score (nSPS) is 38.1. The Hall–Kier alpha value is -0.860. The number of fused-ring (bicyclic) bond motifs is 2. The summed E-state index contributed by atoms with van der Waals surface area (Å²) in [5.74, 6) is 1.29. The lowest BCUT2D eigenvalue weighted by Gasteiger charge is -2.61. The summed E-state index contributed by atoms with van der Waals surface area (Å²) in [6, 6.07) is 0. The van der Waals surface area contributed by atoms with E-state index in [9.17, 15) is 9.59 Å². The van der Waals surface area contributed by atoms with Crippen LogP contribution >= 0.6 is 0 Å². The number of ketones is 1. The van der Waals surface area contributed by atoms with Crippen LogP contribution in [0.3, 0.4) is 0 Å². The highest BCUT2D eigenvalue weighted by Gasteiger charge is 2.57. The molecule has 3 aliphatic rings. The lowest BCUT2D eigenvalue weighted by atomic mass is 9.45. The number of rotatable bonds is 3. The van der Waals surface area contributed by atoms with Crippen LogP contribution in [0.4, 0.5) is 0 Å². The molecule has 3 rings (SSSR count). The zero-order valence-electron chi connectivity index (χ0n) is 11.2. The fraction of sp³-hybridized carbons (Fsp3) is 0.857. The van der Waals surface area contributed by atoms with Gasteiger partial charge in [0.15, 0.2) is 0 Å². The molecule has 0 N–H and O–H groups in total. The molecule has 2 unspecified atom stereocenters. The minimum Gasteiger partial charge on any atom is -0.462 e. The summed E-state index contributed by atoms with van der Waals surface area (Å²) in [6.45, 7) is 8.23. The monoisotopic (exact) mass is 238 g/mol. The molecule has 3 fully saturated rings. The number of carbonyl (C=O) groups excluding carboxylic acids is 2. The van der Waals surface area contributed by atoms with E-state index in [2.05, 4.69) is 20.8 Å². The van der Waals surface area contributed by atoms with Crippen molar-refractivity contribution in [3.05, 3.63) is 0 Å². The van der Waals surface area contributed by atoms with Gasteiger partial charge in [0.2, 0.25) is 0 Å². The van der Waals surface area contributed by atoms with Gasteiger partial charge in [0.25, 0.3) is 0 Å². The van der Waals surface area contributed by atoms with Gasteiger partial charge >= 0.3 is 5.97 Å². The largest absolute Gasteiger partial charge is 0.462 e. The standard InChI is InChI=1S/C14H22O3/c1-8(15)5-13(16)17-12-7-10-6-11(9(12)2)14(10,3)4/h9-12H,5-7H2,1-4H3/t9-,10?,11?,12-/m0/s1. The number of hydrogen-bond acceptors (Lipinski definition) is 3. The Kier molecular flexibility index (Phi) is 3.04. The Labute approximate surface area is 103 Å². The molecule has 4 atom stereocenters. The summed E-state index contributed by atoms with van der Waals surface area (Å²) in [5, 5.41) is 0. The Morgan fingerprint density at radius 2 is 1.94 bits per heavy atom. The number of ether oxygens (including phenoxy) is 1. The van der Waals surface area contributed by atoms with Crippen molar-refractivity contribution in [3.8, 4) is 0 Å². The van der Waals surface area contributed by atoms with Gasteiger partial charge in [-0.2, -0.15) is 0 Å². The molecule has 3 aliphatic carbocycles. The van der Waals surface area contributed by atoms with Crippen LogP contribution in [0.25, 0.3) is 0 Å². The molecule has 2 bridgehead atoms. The van der Waals surface area contributed by atoms with Gasteiger partial charge in [-0.1, -0.05) is 20.8 Å². The summed E-state index contributed by atoms with van der Waals surface area (Å²) in [6.07, 6.45) is 2.18. The average Bonchev–Trinajstić information content (AvgIpc) is 2.18. The van der Waals surface area contributed by atoms with E-state index in [1.165, 1.54) is 13.3 Å². The SMILES string of the molecule is CC(=O)CC(=O)O[C@H]1CC2CC([C@@H]1C)C2(C)C. The Bertz CT molecular complexity index is 345. The molecule has 3 nitrogen and oxygen atoms in total. The van der Waals surface area contributed by atoms with Crippen molar-refractivity contribution < 1.29 is 14.3 Å². The van der Waals surface area contributed by atoms with E-state index in [0.29, 0.717) is 23.2 Å². The van der Waals surface area contributed by atoms with Gasteiger partial charge in [0.1, 0.15) is 18.3 Å². The first-order chi connectivity index (χ1) is 7.82. The van der Waals surface area contributed by atoms with Crippen LogP contribution in [-0.4, -0.2) is 17.9 Å². The second-order valence-corrected chi connectivity index (χ2v) is 6.36. The van der Waals surface area contributed by atoms with E-state index in [-0.39, 0.29) is 24.3 Å². The molecule has 0 aromatic rings. The van der Waals surface area contributed by atoms with Gasteiger partial charge < -0.3 is 4.74 Å². The molecule has 17 heavy (non-hydrogen) atoms. The first-order valence-electron chi connectivity index (χ1n) is 6.51. The van der Waals surface area contributed by atoms with Crippen molar-refractivity contribution in [2.45, 2.75) is 53.1 Å². The topological polar surface area (TPSA) is 43.4 Å². The van der Waals surface area contributed by atoms with E-state index in [4.69, 9.17) is 4.74 Å². The second kappa shape index (κ2) is 4.11. The minimum atomic E-state index is -0.353. The van der Waals surface area contributed by atoms with Crippen molar-refractivity contribution in [3.63, 3.8) is 0 Å². The summed E-state index contributed by atoms with van der Waals surface area (Å²) in [4.78, 5) is 22.4. The summed E-state index contributed by atoms with van der Waals surface area (Å²) in [7, 11) is 0. The average molecular weight is 238 g/mol. The Morgan fingerprint density at radius 3 is 2.41 bits per heavy atom. The molecule has 0 amide bonds. The van der Waals surface area contributed by atoms with Gasteiger partial charge in [0, 0.05) is 0 Å². The molecule has 0 saturated heterocycles. The molecular weight excluding hydrogens is 216 g/mol.